The van der Waals surface area contributed by atoms with Crippen LogP contribution in [-0.2, 0) is 11.3 Å². The van der Waals surface area contributed by atoms with Crippen LogP contribution in [-0.4, -0.2) is 19.0 Å². The minimum atomic E-state index is -0.293. The molecule has 0 bridgehead atoms. The Hall–Kier alpha value is -1.42. The predicted molar refractivity (Wildman–Crippen MR) is 68.5 cm³/mol. The van der Waals surface area contributed by atoms with Crippen LogP contribution in [0.25, 0.3) is 0 Å². The highest BCUT2D eigenvalue weighted by Gasteiger charge is 2.34. The average Bonchev–Trinajstić information content (AvgIpc) is 2.37. The first-order chi connectivity index (χ1) is 8.60. The Balaban J connectivity index is 1.91. The van der Waals surface area contributed by atoms with Crippen LogP contribution in [0.4, 0.5) is 4.39 Å². The second kappa shape index (κ2) is 5.48. The molecule has 0 aliphatic carbocycles. The summed E-state index contributed by atoms with van der Waals surface area (Å²) in [5.41, 5.74) is 0.499. The summed E-state index contributed by atoms with van der Waals surface area (Å²) in [4.78, 5) is 12.1. The zero-order chi connectivity index (χ0) is 13.0. The van der Waals surface area contributed by atoms with E-state index in [1.54, 1.807) is 6.07 Å². The van der Waals surface area contributed by atoms with Crippen molar-refractivity contribution in [2.24, 2.45) is 5.41 Å². The van der Waals surface area contributed by atoms with Crippen LogP contribution in [0.2, 0.25) is 0 Å². The Bertz CT molecular complexity index is 428. The fourth-order valence-electron chi connectivity index (χ4n) is 2.25. The molecule has 1 aromatic rings. The van der Waals surface area contributed by atoms with Gasteiger partial charge in [0.2, 0.25) is 5.91 Å². The summed E-state index contributed by atoms with van der Waals surface area (Å²) in [5.74, 6) is -0.205. The Labute approximate surface area is 107 Å². The minimum absolute atomic E-state index is 0.0632. The van der Waals surface area contributed by atoms with Crippen molar-refractivity contribution in [1.82, 2.24) is 10.6 Å². The minimum Gasteiger partial charge on any atom is -0.352 e. The van der Waals surface area contributed by atoms with Crippen LogP contribution in [0.1, 0.15) is 25.3 Å². The Kier molecular flexibility index (Phi) is 3.97. The molecule has 0 unspecified atom stereocenters. The molecule has 2 rings (SSSR count). The number of hydrogen-bond donors (Lipinski definition) is 2. The highest BCUT2D eigenvalue weighted by atomic mass is 19.1. The van der Waals surface area contributed by atoms with Gasteiger partial charge in [-0.25, -0.2) is 4.39 Å². The summed E-state index contributed by atoms with van der Waals surface area (Å²) in [6.45, 7) is 4.14. The molecule has 1 aliphatic rings. The molecule has 0 aromatic heterocycles. The number of halogens is 1. The van der Waals surface area contributed by atoms with E-state index >= 15 is 0 Å². The van der Waals surface area contributed by atoms with E-state index < -0.39 is 0 Å². The standard InChI is InChI=1S/C14H19FN2O/c1-14(5-7-16-8-6-14)13(18)17-10-11-3-2-4-12(15)9-11/h2-4,9,16H,5-8,10H2,1H3,(H,17,18). The van der Waals surface area contributed by atoms with Gasteiger partial charge in [0.05, 0.1) is 0 Å². The van der Waals surface area contributed by atoms with E-state index in [2.05, 4.69) is 10.6 Å². The van der Waals surface area contributed by atoms with Crippen LogP contribution in [0, 0.1) is 11.2 Å². The zero-order valence-electron chi connectivity index (χ0n) is 10.6. The van der Waals surface area contributed by atoms with Crippen molar-refractivity contribution in [3.8, 4) is 0 Å². The predicted octanol–water partition coefficient (Wildman–Crippen LogP) is 1.83. The topological polar surface area (TPSA) is 41.1 Å². The normalized spacial score (nSPS) is 18.3. The number of benzene rings is 1. The second-order valence-electron chi connectivity index (χ2n) is 5.12. The number of carbonyl (C=O) groups is 1. The van der Waals surface area contributed by atoms with Gasteiger partial charge in [0.15, 0.2) is 0 Å². The first-order valence-electron chi connectivity index (χ1n) is 6.34. The van der Waals surface area contributed by atoms with E-state index in [4.69, 9.17) is 0 Å². The van der Waals surface area contributed by atoms with Crippen LogP contribution in [0.5, 0.6) is 0 Å². The number of rotatable bonds is 3. The Morgan fingerprint density at radius 3 is 2.83 bits per heavy atom. The van der Waals surface area contributed by atoms with Gasteiger partial charge < -0.3 is 10.6 Å². The van der Waals surface area contributed by atoms with Crippen LogP contribution in [0.15, 0.2) is 24.3 Å². The maximum absolute atomic E-state index is 13.0. The number of nitrogens with one attached hydrogen (secondary N) is 2. The summed E-state index contributed by atoms with van der Waals surface area (Å²) >= 11 is 0. The molecule has 18 heavy (non-hydrogen) atoms. The third-order valence-electron chi connectivity index (χ3n) is 3.60. The van der Waals surface area contributed by atoms with E-state index in [1.807, 2.05) is 13.0 Å². The molecule has 3 nitrogen and oxygen atoms in total. The lowest BCUT2D eigenvalue weighted by Crippen LogP contribution is -2.45. The van der Waals surface area contributed by atoms with Gasteiger partial charge in [0, 0.05) is 12.0 Å². The van der Waals surface area contributed by atoms with Crippen molar-refractivity contribution in [3.05, 3.63) is 35.6 Å². The molecule has 1 saturated heterocycles. The monoisotopic (exact) mass is 250 g/mol. The van der Waals surface area contributed by atoms with Gasteiger partial charge in [-0.1, -0.05) is 19.1 Å². The summed E-state index contributed by atoms with van der Waals surface area (Å²) in [5, 5.41) is 6.15. The van der Waals surface area contributed by atoms with Crippen molar-refractivity contribution in [2.45, 2.75) is 26.3 Å². The highest BCUT2D eigenvalue weighted by molar-refractivity contribution is 5.82. The summed E-state index contributed by atoms with van der Waals surface area (Å²) in [7, 11) is 0. The third-order valence-corrected chi connectivity index (χ3v) is 3.60. The maximum Gasteiger partial charge on any atom is 0.226 e. The van der Waals surface area contributed by atoms with Crippen molar-refractivity contribution in [3.63, 3.8) is 0 Å². The smallest absolute Gasteiger partial charge is 0.226 e. The van der Waals surface area contributed by atoms with Crippen molar-refractivity contribution < 1.29 is 9.18 Å². The lowest BCUT2D eigenvalue weighted by molar-refractivity contribution is -0.131. The molecule has 1 fully saturated rings. The van der Waals surface area contributed by atoms with E-state index in [0.29, 0.717) is 6.54 Å². The van der Waals surface area contributed by atoms with Gasteiger partial charge in [0.25, 0.3) is 0 Å². The molecular formula is C14H19FN2O. The third kappa shape index (κ3) is 3.07. The molecule has 0 saturated carbocycles. The summed E-state index contributed by atoms with van der Waals surface area (Å²) < 4.78 is 13.0. The molecule has 0 radical (unpaired) electrons. The van der Waals surface area contributed by atoms with Crippen molar-refractivity contribution >= 4 is 5.91 Å². The van der Waals surface area contributed by atoms with Gasteiger partial charge >= 0.3 is 0 Å². The number of amides is 1. The van der Waals surface area contributed by atoms with E-state index in [9.17, 15) is 9.18 Å². The lowest BCUT2D eigenvalue weighted by Gasteiger charge is -2.32. The van der Waals surface area contributed by atoms with Gasteiger partial charge in [-0.2, -0.15) is 0 Å². The highest BCUT2D eigenvalue weighted by Crippen LogP contribution is 2.27. The van der Waals surface area contributed by atoms with Crippen LogP contribution in [0.3, 0.4) is 0 Å². The largest absolute Gasteiger partial charge is 0.352 e. The van der Waals surface area contributed by atoms with Gasteiger partial charge in [-0.05, 0) is 43.6 Å². The first kappa shape index (κ1) is 13.0. The average molecular weight is 250 g/mol. The molecule has 1 aliphatic heterocycles. The number of piperidine rings is 1. The molecule has 0 spiro atoms. The van der Waals surface area contributed by atoms with E-state index in [1.165, 1.54) is 12.1 Å². The molecular weight excluding hydrogens is 231 g/mol. The Morgan fingerprint density at radius 2 is 2.17 bits per heavy atom. The fourth-order valence-corrected chi connectivity index (χ4v) is 2.25. The zero-order valence-corrected chi connectivity index (χ0v) is 10.6. The van der Waals surface area contributed by atoms with Crippen molar-refractivity contribution in [2.75, 3.05) is 13.1 Å². The van der Waals surface area contributed by atoms with Crippen LogP contribution < -0.4 is 10.6 Å². The van der Waals surface area contributed by atoms with E-state index in [-0.39, 0.29) is 17.1 Å². The lowest BCUT2D eigenvalue weighted by atomic mass is 9.80. The number of carbonyl (C=O) groups excluding carboxylic acids is 1. The van der Waals surface area contributed by atoms with Gasteiger partial charge in [0.1, 0.15) is 5.82 Å². The van der Waals surface area contributed by atoms with Gasteiger partial charge in [-0.3, -0.25) is 4.79 Å². The fraction of sp³-hybridized carbons (Fsp3) is 0.500. The quantitative estimate of drug-likeness (QED) is 0.859. The Morgan fingerprint density at radius 1 is 1.44 bits per heavy atom. The molecule has 98 valence electrons. The van der Waals surface area contributed by atoms with E-state index in [0.717, 1.165) is 31.5 Å². The molecule has 1 amide bonds. The van der Waals surface area contributed by atoms with Gasteiger partial charge in [-0.15, -0.1) is 0 Å². The molecule has 0 atom stereocenters. The second-order valence-corrected chi connectivity index (χ2v) is 5.12. The summed E-state index contributed by atoms with van der Waals surface area (Å²) in [6.07, 6.45) is 1.70. The molecule has 4 heteroatoms. The molecule has 2 N–H and O–H groups in total. The molecule has 1 aromatic carbocycles. The molecule has 1 heterocycles. The summed E-state index contributed by atoms with van der Waals surface area (Å²) in [6, 6.07) is 6.32. The maximum atomic E-state index is 13.0. The van der Waals surface area contributed by atoms with Crippen LogP contribution >= 0.6 is 0 Å². The first-order valence-corrected chi connectivity index (χ1v) is 6.34. The SMILES string of the molecule is CC1(C(=O)NCc2cccc(F)c2)CCNCC1. The number of hydrogen-bond acceptors (Lipinski definition) is 2. The van der Waals surface area contributed by atoms with Crippen molar-refractivity contribution in [1.29, 1.82) is 0 Å².